The van der Waals surface area contributed by atoms with Crippen LogP contribution in [0, 0.1) is 6.92 Å². The quantitative estimate of drug-likeness (QED) is 0.896. The van der Waals surface area contributed by atoms with Crippen LogP contribution in [0.4, 0.5) is 10.5 Å². The monoisotopic (exact) mass is 282 g/mol. The lowest BCUT2D eigenvalue weighted by atomic mass is 10.1. The van der Waals surface area contributed by atoms with Crippen LogP contribution in [0.2, 0.25) is 0 Å². The van der Waals surface area contributed by atoms with Crippen LogP contribution in [0.3, 0.4) is 0 Å². The van der Waals surface area contributed by atoms with E-state index >= 15 is 0 Å². The zero-order chi connectivity index (χ0) is 15.1. The minimum atomic E-state index is -0.288. The highest BCUT2D eigenvalue weighted by Gasteiger charge is 1.99. The Morgan fingerprint density at radius 2 is 1.90 bits per heavy atom. The maximum absolute atomic E-state index is 11.7. The third kappa shape index (κ3) is 4.69. The number of rotatable bonds is 4. The van der Waals surface area contributed by atoms with E-state index < -0.39 is 0 Å². The minimum Gasteiger partial charge on any atom is -0.497 e. The zero-order valence-corrected chi connectivity index (χ0v) is 12.1. The van der Waals surface area contributed by atoms with Crippen molar-refractivity contribution in [1.82, 2.24) is 5.32 Å². The second-order valence-corrected chi connectivity index (χ2v) is 4.57. The zero-order valence-electron chi connectivity index (χ0n) is 12.1. The van der Waals surface area contributed by atoms with E-state index in [0.717, 1.165) is 11.3 Å². The normalized spacial score (nSPS) is 10.4. The Hall–Kier alpha value is -2.75. The van der Waals surface area contributed by atoms with Crippen LogP contribution < -0.4 is 15.4 Å². The molecule has 21 heavy (non-hydrogen) atoms. The summed E-state index contributed by atoms with van der Waals surface area (Å²) in [5.41, 5.74) is 2.93. The number of hydrogen-bond acceptors (Lipinski definition) is 2. The van der Waals surface area contributed by atoms with Crippen LogP contribution in [0.5, 0.6) is 5.75 Å². The summed E-state index contributed by atoms with van der Waals surface area (Å²) >= 11 is 0. The van der Waals surface area contributed by atoms with Gasteiger partial charge in [0.1, 0.15) is 5.75 Å². The van der Waals surface area contributed by atoms with E-state index in [1.807, 2.05) is 37.3 Å². The van der Waals surface area contributed by atoms with Gasteiger partial charge in [0, 0.05) is 11.9 Å². The topological polar surface area (TPSA) is 50.4 Å². The summed E-state index contributed by atoms with van der Waals surface area (Å²) in [5.74, 6) is 0.750. The van der Waals surface area contributed by atoms with Crippen molar-refractivity contribution in [3.8, 4) is 5.75 Å². The van der Waals surface area contributed by atoms with E-state index in [4.69, 9.17) is 4.74 Å². The first-order valence-electron chi connectivity index (χ1n) is 6.62. The standard InChI is InChI=1S/C17H18N2O2/c1-13-4-3-5-14(12-13)10-11-18-17(20)19-15-6-8-16(21-2)9-7-15/h3-12H,1-2H3,(H2,18,19,20)/b11-10+. The van der Waals surface area contributed by atoms with E-state index in [1.54, 1.807) is 37.6 Å². The minimum absolute atomic E-state index is 0.288. The van der Waals surface area contributed by atoms with Crippen molar-refractivity contribution >= 4 is 17.8 Å². The lowest BCUT2D eigenvalue weighted by Crippen LogP contribution is -2.23. The number of aryl methyl sites for hydroxylation is 1. The molecule has 0 radical (unpaired) electrons. The number of hydrogen-bond donors (Lipinski definition) is 2. The van der Waals surface area contributed by atoms with Crippen LogP contribution in [0.25, 0.3) is 6.08 Å². The number of nitrogens with one attached hydrogen (secondary N) is 2. The van der Waals surface area contributed by atoms with Gasteiger partial charge in [0.15, 0.2) is 0 Å². The largest absolute Gasteiger partial charge is 0.497 e. The molecule has 0 spiro atoms. The van der Waals surface area contributed by atoms with Gasteiger partial charge in [-0.2, -0.15) is 0 Å². The Morgan fingerprint density at radius 1 is 1.14 bits per heavy atom. The molecule has 0 heterocycles. The summed E-state index contributed by atoms with van der Waals surface area (Å²) in [6, 6.07) is 14.9. The molecule has 0 aromatic heterocycles. The summed E-state index contributed by atoms with van der Waals surface area (Å²) in [6.07, 6.45) is 3.47. The highest BCUT2D eigenvalue weighted by Crippen LogP contribution is 2.14. The summed E-state index contributed by atoms with van der Waals surface area (Å²) < 4.78 is 5.06. The van der Waals surface area contributed by atoms with Crippen LogP contribution >= 0.6 is 0 Å². The first kappa shape index (κ1) is 14.7. The van der Waals surface area contributed by atoms with Gasteiger partial charge in [-0.1, -0.05) is 29.8 Å². The lowest BCUT2D eigenvalue weighted by molar-refractivity contribution is 0.255. The Kier molecular flexibility index (Phi) is 4.99. The van der Waals surface area contributed by atoms with Crippen LogP contribution in [-0.4, -0.2) is 13.1 Å². The number of benzene rings is 2. The highest BCUT2D eigenvalue weighted by atomic mass is 16.5. The first-order valence-corrected chi connectivity index (χ1v) is 6.62. The molecule has 2 rings (SSSR count). The molecule has 2 aromatic rings. The third-order valence-corrected chi connectivity index (χ3v) is 2.88. The molecule has 0 atom stereocenters. The number of carbonyl (C=O) groups is 1. The molecule has 0 bridgehead atoms. The van der Waals surface area contributed by atoms with Gasteiger partial charge in [-0.05, 0) is 42.8 Å². The van der Waals surface area contributed by atoms with Crippen LogP contribution in [0.15, 0.2) is 54.7 Å². The number of ether oxygens (including phenoxy) is 1. The second kappa shape index (κ2) is 7.14. The van der Waals surface area contributed by atoms with Crippen LogP contribution in [0.1, 0.15) is 11.1 Å². The molecule has 0 aliphatic carbocycles. The van der Waals surface area contributed by atoms with E-state index in [1.165, 1.54) is 5.56 Å². The van der Waals surface area contributed by atoms with Crippen molar-refractivity contribution in [3.63, 3.8) is 0 Å². The van der Waals surface area contributed by atoms with Gasteiger partial charge < -0.3 is 15.4 Å². The van der Waals surface area contributed by atoms with E-state index in [9.17, 15) is 4.79 Å². The van der Waals surface area contributed by atoms with E-state index in [-0.39, 0.29) is 6.03 Å². The Bertz CT molecular complexity index is 633. The smallest absolute Gasteiger partial charge is 0.323 e. The van der Waals surface area contributed by atoms with Crippen molar-refractivity contribution < 1.29 is 9.53 Å². The molecule has 0 saturated heterocycles. The van der Waals surface area contributed by atoms with Gasteiger partial charge in [-0.25, -0.2) is 4.79 Å². The molecule has 0 saturated carbocycles. The molecule has 0 aliphatic heterocycles. The molecule has 4 heteroatoms. The average molecular weight is 282 g/mol. The maximum atomic E-state index is 11.7. The van der Waals surface area contributed by atoms with Crippen molar-refractivity contribution in [2.45, 2.75) is 6.92 Å². The van der Waals surface area contributed by atoms with Gasteiger partial charge in [-0.3, -0.25) is 0 Å². The van der Waals surface area contributed by atoms with Crippen molar-refractivity contribution in [1.29, 1.82) is 0 Å². The average Bonchev–Trinajstić information content (AvgIpc) is 2.48. The summed E-state index contributed by atoms with van der Waals surface area (Å²) in [6.45, 7) is 2.03. The maximum Gasteiger partial charge on any atom is 0.323 e. The number of urea groups is 1. The molecule has 0 unspecified atom stereocenters. The molecule has 2 amide bonds. The van der Waals surface area contributed by atoms with Gasteiger partial charge in [0.05, 0.1) is 7.11 Å². The van der Waals surface area contributed by atoms with Crippen molar-refractivity contribution in [2.75, 3.05) is 12.4 Å². The van der Waals surface area contributed by atoms with Gasteiger partial charge in [-0.15, -0.1) is 0 Å². The molecular weight excluding hydrogens is 264 g/mol. The molecule has 108 valence electrons. The molecular formula is C17H18N2O2. The van der Waals surface area contributed by atoms with E-state index in [2.05, 4.69) is 10.6 Å². The van der Waals surface area contributed by atoms with Crippen molar-refractivity contribution in [2.24, 2.45) is 0 Å². The predicted octanol–water partition coefficient (Wildman–Crippen LogP) is 3.80. The summed E-state index contributed by atoms with van der Waals surface area (Å²) in [5, 5.41) is 5.40. The number of amides is 2. The van der Waals surface area contributed by atoms with Crippen molar-refractivity contribution in [3.05, 3.63) is 65.9 Å². The van der Waals surface area contributed by atoms with Crippen LogP contribution in [-0.2, 0) is 0 Å². The second-order valence-electron chi connectivity index (χ2n) is 4.57. The molecule has 4 nitrogen and oxygen atoms in total. The van der Waals surface area contributed by atoms with E-state index in [0.29, 0.717) is 5.69 Å². The molecule has 2 N–H and O–H groups in total. The highest BCUT2D eigenvalue weighted by molar-refractivity contribution is 5.90. The van der Waals surface area contributed by atoms with Gasteiger partial charge in [0.2, 0.25) is 0 Å². The Labute approximate surface area is 124 Å². The first-order chi connectivity index (χ1) is 10.2. The van der Waals surface area contributed by atoms with Gasteiger partial charge in [0.25, 0.3) is 0 Å². The Balaban J connectivity index is 1.86. The molecule has 0 aliphatic rings. The number of carbonyl (C=O) groups excluding carboxylic acids is 1. The lowest BCUT2D eigenvalue weighted by Gasteiger charge is -2.05. The number of methoxy groups -OCH3 is 1. The molecule has 2 aromatic carbocycles. The predicted molar refractivity (Wildman–Crippen MR) is 85.4 cm³/mol. The summed E-state index contributed by atoms with van der Waals surface area (Å²) in [4.78, 5) is 11.7. The SMILES string of the molecule is COc1ccc(NC(=O)N/C=C/c2cccc(C)c2)cc1. The third-order valence-electron chi connectivity index (χ3n) is 2.88. The number of anilines is 1. The summed E-state index contributed by atoms with van der Waals surface area (Å²) in [7, 11) is 1.60. The fourth-order valence-electron chi connectivity index (χ4n) is 1.83. The Morgan fingerprint density at radius 3 is 2.57 bits per heavy atom. The molecule has 0 fully saturated rings. The fraction of sp³-hybridized carbons (Fsp3) is 0.118. The fourth-order valence-corrected chi connectivity index (χ4v) is 1.83. The van der Waals surface area contributed by atoms with Gasteiger partial charge >= 0.3 is 6.03 Å².